The molecule has 5 heteroatoms. The number of nitrogens with zero attached hydrogens (tertiary/aromatic N) is 1. The van der Waals surface area contributed by atoms with Crippen molar-refractivity contribution in [2.75, 3.05) is 19.6 Å². The van der Waals surface area contributed by atoms with Gasteiger partial charge in [-0.1, -0.05) is 42.5 Å². The Bertz CT molecular complexity index is 727. The molecule has 1 aliphatic rings. The zero-order chi connectivity index (χ0) is 19.8. The summed E-state index contributed by atoms with van der Waals surface area (Å²) in [4.78, 5) is 14.8. The van der Waals surface area contributed by atoms with Gasteiger partial charge in [-0.15, -0.1) is 0 Å². The topological polar surface area (TPSA) is 64.6 Å². The number of carbonyl (C=O) groups is 1. The van der Waals surface area contributed by atoms with E-state index >= 15 is 0 Å². The molecular formula is C23H31N3O2. The molecule has 2 aromatic carbocycles. The maximum atomic E-state index is 12.4. The summed E-state index contributed by atoms with van der Waals surface area (Å²) in [5.74, 6) is 0.278. The number of phenolic OH excluding ortho intramolecular Hbond substituents is 1. The van der Waals surface area contributed by atoms with Gasteiger partial charge < -0.3 is 15.7 Å². The average molecular weight is 382 g/mol. The van der Waals surface area contributed by atoms with Crippen LogP contribution in [0.25, 0.3) is 0 Å². The lowest BCUT2D eigenvalue weighted by molar-refractivity contribution is 0.218. The van der Waals surface area contributed by atoms with Crippen molar-refractivity contribution in [3.63, 3.8) is 0 Å². The van der Waals surface area contributed by atoms with E-state index in [-0.39, 0.29) is 23.9 Å². The Kier molecular flexibility index (Phi) is 7.31. The van der Waals surface area contributed by atoms with Gasteiger partial charge in [-0.3, -0.25) is 4.90 Å². The number of benzene rings is 2. The van der Waals surface area contributed by atoms with E-state index in [2.05, 4.69) is 39.8 Å². The van der Waals surface area contributed by atoms with Crippen molar-refractivity contribution < 1.29 is 9.90 Å². The van der Waals surface area contributed by atoms with Gasteiger partial charge in [0.15, 0.2) is 0 Å². The van der Waals surface area contributed by atoms with Crippen LogP contribution in [0, 0.1) is 0 Å². The lowest BCUT2D eigenvalue weighted by Crippen LogP contribution is -2.44. The third kappa shape index (κ3) is 5.99. The molecule has 2 atom stereocenters. The Balaban J connectivity index is 1.46. The fraction of sp³-hybridized carbons (Fsp3) is 0.435. The van der Waals surface area contributed by atoms with Crippen LogP contribution in [0.3, 0.4) is 0 Å². The van der Waals surface area contributed by atoms with E-state index in [1.165, 1.54) is 18.4 Å². The first kappa shape index (κ1) is 20.2. The summed E-state index contributed by atoms with van der Waals surface area (Å²) >= 11 is 0. The molecule has 0 bridgehead atoms. The van der Waals surface area contributed by atoms with Gasteiger partial charge >= 0.3 is 6.03 Å². The van der Waals surface area contributed by atoms with Crippen LogP contribution in [-0.4, -0.2) is 41.7 Å². The molecule has 0 radical (unpaired) electrons. The molecule has 0 spiro atoms. The van der Waals surface area contributed by atoms with Gasteiger partial charge in [0.1, 0.15) is 5.75 Å². The second kappa shape index (κ2) is 10.1. The Morgan fingerprint density at radius 3 is 2.43 bits per heavy atom. The zero-order valence-electron chi connectivity index (χ0n) is 16.6. The number of urea groups is 1. The highest BCUT2D eigenvalue weighted by atomic mass is 16.3. The van der Waals surface area contributed by atoms with Gasteiger partial charge in [-0.05, 0) is 69.0 Å². The maximum Gasteiger partial charge on any atom is 0.315 e. The van der Waals surface area contributed by atoms with Crippen LogP contribution in [0.2, 0.25) is 0 Å². The van der Waals surface area contributed by atoms with Gasteiger partial charge in [-0.2, -0.15) is 0 Å². The molecular weight excluding hydrogens is 350 g/mol. The Hall–Kier alpha value is -2.53. The van der Waals surface area contributed by atoms with Crippen molar-refractivity contribution in [1.82, 2.24) is 15.5 Å². The molecule has 3 N–H and O–H groups in total. The van der Waals surface area contributed by atoms with Gasteiger partial charge in [0.25, 0.3) is 0 Å². The minimum Gasteiger partial charge on any atom is -0.508 e. The van der Waals surface area contributed by atoms with Crippen molar-refractivity contribution in [1.29, 1.82) is 0 Å². The van der Waals surface area contributed by atoms with Crippen LogP contribution in [0.15, 0.2) is 54.6 Å². The second-order valence-corrected chi connectivity index (χ2v) is 7.63. The van der Waals surface area contributed by atoms with E-state index < -0.39 is 0 Å². The third-order valence-electron chi connectivity index (χ3n) is 5.40. The predicted octanol–water partition coefficient (Wildman–Crippen LogP) is 3.85. The van der Waals surface area contributed by atoms with Crippen LogP contribution in [-0.2, 0) is 6.42 Å². The summed E-state index contributed by atoms with van der Waals surface area (Å²) in [6.45, 7) is 4.81. The Labute approximate surface area is 167 Å². The molecule has 1 aliphatic heterocycles. The van der Waals surface area contributed by atoms with Gasteiger partial charge in [0, 0.05) is 12.6 Å². The average Bonchev–Trinajstić information content (AvgIpc) is 3.23. The predicted molar refractivity (Wildman–Crippen MR) is 112 cm³/mol. The fourth-order valence-electron chi connectivity index (χ4n) is 3.77. The van der Waals surface area contributed by atoms with E-state index in [1.54, 1.807) is 12.1 Å². The summed E-state index contributed by atoms with van der Waals surface area (Å²) in [6, 6.07) is 17.9. The standard InChI is InChI=1S/C23H31N3O2/c1-18(9-10-19-11-13-21(27)14-12-19)25-23(28)24-17-22(26-15-5-6-16-26)20-7-3-2-4-8-20/h2-4,7-8,11-14,18,22,27H,5-6,9-10,15-17H2,1H3,(H2,24,25,28). The molecule has 2 aromatic rings. The molecule has 1 heterocycles. The number of rotatable bonds is 8. The Morgan fingerprint density at radius 1 is 1.07 bits per heavy atom. The molecule has 0 aliphatic carbocycles. The summed E-state index contributed by atoms with van der Waals surface area (Å²) in [5, 5.41) is 15.5. The zero-order valence-corrected chi connectivity index (χ0v) is 16.6. The quantitative estimate of drug-likeness (QED) is 0.651. The van der Waals surface area contributed by atoms with Crippen molar-refractivity contribution in [2.45, 2.75) is 44.7 Å². The van der Waals surface area contributed by atoms with E-state index in [0.29, 0.717) is 6.54 Å². The van der Waals surface area contributed by atoms with E-state index in [9.17, 15) is 9.90 Å². The number of hydrogen-bond donors (Lipinski definition) is 3. The van der Waals surface area contributed by atoms with Crippen LogP contribution >= 0.6 is 0 Å². The van der Waals surface area contributed by atoms with Crippen LogP contribution in [0.4, 0.5) is 4.79 Å². The molecule has 0 saturated carbocycles. The van der Waals surface area contributed by atoms with Crippen molar-refractivity contribution in [3.05, 3.63) is 65.7 Å². The van der Waals surface area contributed by atoms with E-state index in [1.807, 2.05) is 25.1 Å². The first-order chi connectivity index (χ1) is 13.6. The largest absolute Gasteiger partial charge is 0.508 e. The molecule has 1 fully saturated rings. The van der Waals surface area contributed by atoms with Crippen LogP contribution < -0.4 is 10.6 Å². The number of hydrogen-bond acceptors (Lipinski definition) is 3. The van der Waals surface area contributed by atoms with E-state index in [4.69, 9.17) is 0 Å². The molecule has 2 amide bonds. The number of aryl methyl sites for hydroxylation is 1. The van der Waals surface area contributed by atoms with Crippen molar-refractivity contribution in [3.8, 4) is 5.75 Å². The smallest absolute Gasteiger partial charge is 0.315 e. The molecule has 1 saturated heterocycles. The highest BCUT2D eigenvalue weighted by molar-refractivity contribution is 5.74. The number of phenols is 1. The third-order valence-corrected chi connectivity index (χ3v) is 5.40. The fourth-order valence-corrected chi connectivity index (χ4v) is 3.77. The lowest BCUT2D eigenvalue weighted by Gasteiger charge is -2.28. The first-order valence-corrected chi connectivity index (χ1v) is 10.2. The molecule has 5 nitrogen and oxygen atoms in total. The summed E-state index contributed by atoms with van der Waals surface area (Å²) in [6.07, 6.45) is 4.17. The summed E-state index contributed by atoms with van der Waals surface area (Å²) in [5.41, 5.74) is 2.41. The number of nitrogens with one attached hydrogen (secondary N) is 2. The minimum absolute atomic E-state index is 0.0794. The van der Waals surface area contributed by atoms with Gasteiger partial charge in [0.2, 0.25) is 0 Å². The normalized spacial score (nSPS) is 16.5. The number of likely N-dealkylation sites (tertiary alicyclic amines) is 1. The Morgan fingerprint density at radius 2 is 1.75 bits per heavy atom. The van der Waals surface area contributed by atoms with Gasteiger partial charge in [-0.25, -0.2) is 4.79 Å². The highest BCUT2D eigenvalue weighted by Crippen LogP contribution is 2.24. The van der Waals surface area contributed by atoms with Crippen LogP contribution in [0.1, 0.15) is 43.4 Å². The molecule has 0 aromatic heterocycles. The van der Waals surface area contributed by atoms with Crippen molar-refractivity contribution >= 4 is 6.03 Å². The minimum atomic E-state index is -0.113. The second-order valence-electron chi connectivity index (χ2n) is 7.63. The first-order valence-electron chi connectivity index (χ1n) is 10.2. The SMILES string of the molecule is CC(CCc1ccc(O)cc1)NC(=O)NCC(c1ccccc1)N1CCCC1. The lowest BCUT2D eigenvalue weighted by atomic mass is 10.1. The monoisotopic (exact) mass is 381 g/mol. The number of aromatic hydroxyl groups is 1. The van der Waals surface area contributed by atoms with Crippen molar-refractivity contribution in [2.24, 2.45) is 0 Å². The van der Waals surface area contributed by atoms with Gasteiger partial charge in [0.05, 0.1) is 6.04 Å². The molecule has 150 valence electrons. The highest BCUT2D eigenvalue weighted by Gasteiger charge is 2.23. The number of amides is 2. The molecule has 3 rings (SSSR count). The molecule has 28 heavy (non-hydrogen) atoms. The maximum absolute atomic E-state index is 12.4. The summed E-state index contributed by atoms with van der Waals surface area (Å²) < 4.78 is 0. The molecule has 2 unspecified atom stereocenters. The van der Waals surface area contributed by atoms with E-state index in [0.717, 1.165) is 31.5 Å². The summed E-state index contributed by atoms with van der Waals surface area (Å²) in [7, 11) is 0. The number of carbonyl (C=O) groups excluding carboxylic acids is 1. The van der Waals surface area contributed by atoms with Crippen LogP contribution in [0.5, 0.6) is 5.75 Å².